The highest BCUT2D eigenvalue weighted by atomic mass is 19.1. The number of oxime groups is 2. The van der Waals surface area contributed by atoms with E-state index in [1.807, 2.05) is 55.5 Å². The smallest absolute Gasteiger partial charge is 0.341 e. The first-order chi connectivity index (χ1) is 19.0. The van der Waals surface area contributed by atoms with Crippen molar-refractivity contribution >= 4 is 34.3 Å². The lowest BCUT2D eigenvalue weighted by Gasteiger charge is -2.12. The van der Waals surface area contributed by atoms with Gasteiger partial charge < -0.3 is 24.5 Å². The monoisotopic (exact) mass is 533 g/mol. The minimum atomic E-state index is -0.525. The number of esters is 1. The summed E-state index contributed by atoms with van der Waals surface area (Å²) in [6.45, 7) is 3.56. The number of hydrogen-bond acceptors (Lipinski definition) is 8. The Kier molecular flexibility index (Phi) is 11.1. The molecule has 0 heterocycles. The molecule has 0 aliphatic carbocycles. The Morgan fingerprint density at radius 2 is 1.72 bits per heavy atom. The molecule has 0 amide bonds. The standard InChI is InChI=1S/C30H32FN3O5/c1-5-38-34-29(23-13-15-25(16-14-23)32-26-11-8-9-22(17-26)18-31)21(2)33-39-19-24-10-6-7-12-27(24)28(20-36-3)30(35)37-4/h6-17,20,32H,5,18-19H2,1-4H3. The number of carbonyl (C=O) groups excluding carboxylic acids is 1. The van der Waals surface area contributed by atoms with E-state index in [0.29, 0.717) is 29.2 Å². The molecule has 0 saturated carbocycles. The largest absolute Gasteiger partial charge is 0.503 e. The van der Waals surface area contributed by atoms with Crippen LogP contribution >= 0.6 is 0 Å². The molecule has 0 bridgehead atoms. The van der Waals surface area contributed by atoms with E-state index in [0.717, 1.165) is 22.5 Å². The van der Waals surface area contributed by atoms with Gasteiger partial charge in [-0.25, -0.2) is 9.18 Å². The van der Waals surface area contributed by atoms with Gasteiger partial charge in [0, 0.05) is 22.5 Å². The molecule has 3 rings (SSSR count). The van der Waals surface area contributed by atoms with Crippen molar-refractivity contribution < 1.29 is 28.3 Å². The molecular formula is C30H32FN3O5. The van der Waals surface area contributed by atoms with Gasteiger partial charge in [0.1, 0.15) is 36.9 Å². The van der Waals surface area contributed by atoms with E-state index in [2.05, 4.69) is 15.6 Å². The third kappa shape index (κ3) is 8.16. The third-order valence-electron chi connectivity index (χ3n) is 5.53. The highest BCUT2D eigenvalue weighted by Crippen LogP contribution is 2.22. The lowest BCUT2D eigenvalue weighted by Crippen LogP contribution is -2.14. The number of rotatable bonds is 13. The van der Waals surface area contributed by atoms with E-state index in [9.17, 15) is 9.18 Å². The zero-order chi connectivity index (χ0) is 28.0. The molecule has 0 aliphatic heterocycles. The van der Waals surface area contributed by atoms with Crippen molar-refractivity contribution in [1.82, 2.24) is 0 Å². The Labute approximate surface area is 227 Å². The van der Waals surface area contributed by atoms with Crippen molar-refractivity contribution in [2.24, 2.45) is 10.3 Å². The number of hydrogen-bond donors (Lipinski definition) is 1. The Morgan fingerprint density at radius 3 is 2.41 bits per heavy atom. The summed E-state index contributed by atoms with van der Waals surface area (Å²) in [5.74, 6) is -0.525. The normalized spacial score (nSPS) is 12.1. The number of carbonyl (C=O) groups is 1. The lowest BCUT2D eigenvalue weighted by molar-refractivity contribution is -0.133. The molecule has 0 saturated heterocycles. The van der Waals surface area contributed by atoms with E-state index in [-0.39, 0.29) is 12.2 Å². The molecule has 3 aromatic rings. The molecule has 8 nitrogen and oxygen atoms in total. The van der Waals surface area contributed by atoms with Gasteiger partial charge in [-0.15, -0.1) is 0 Å². The second kappa shape index (κ2) is 14.9. The topological polar surface area (TPSA) is 90.7 Å². The fraction of sp³-hybridized carbons (Fsp3) is 0.233. The number of benzene rings is 3. The molecule has 0 aromatic heterocycles. The Bertz CT molecular complexity index is 1340. The van der Waals surface area contributed by atoms with Crippen LogP contribution < -0.4 is 5.32 Å². The van der Waals surface area contributed by atoms with Crippen LogP contribution in [0.4, 0.5) is 15.8 Å². The fourth-order valence-corrected chi connectivity index (χ4v) is 3.67. The molecule has 0 fully saturated rings. The van der Waals surface area contributed by atoms with Crippen LogP contribution in [-0.4, -0.2) is 38.2 Å². The van der Waals surface area contributed by atoms with Crippen molar-refractivity contribution in [3.05, 3.63) is 101 Å². The van der Waals surface area contributed by atoms with Gasteiger partial charge in [0.2, 0.25) is 0 Å². The summed E-state index contributed by atoms with van der Waals surface area (Å²) in [6, 6.07) is 22.0. The van der Waals surface area contributed by atoms with Gasteiger partial charge in [-0.1, -0.05) is 58.8 Å². The molecule has 3 aromatic carbocycles. The van der Waals surface area contributed by atoms with Gasteiger partial charge in [-0.3, -0.25) is 0 Å². The van der Waals surface area contributed by atoms with Gasteiger partial charge in [0.05, 0.1) is 20.5 Å². The predicted molar refractivity (Wildman–Crippen MR) is 150 cm³/mol. The lowest BCUT2D eigenvalue weighted by atomic mass is 10.0. The van der Waals surface area contributed by atoms with E-state index < -0.39 is 12.6 Å². The quantitative estimate of drug-likeness (QED) is 0.0900. The van der Waals surface area contributed by atoms with Crippen LogP contribution in [0.5, 0.6) is 0 Å². The summed E-state index contributed by atoms with van der Waals surface area (Å²) < 4.78 is 22.9. The van der Waals surface area contributed by atoms with Crippen molar-refractivity contribution in [3.8, 4) is 0 Å². The first-order valence-corrected chi connectivity index (χ1v) is 12.3. The summed E-state index contributed by atoms with van der Waals surface area (Å²) in [7, 11) is 2.77. The Morgan fingerprint density at radius 1 is 0.949 bits per heavy atom. The van der Waals surface area contributed by atoms with Crippen LogP contribution in [0.2, 0.25) is 0 Å². The number of anilines is 2. The highest BCUT2D eigenvalue weighted by molar-refractivity contribution is 6.47. The minimum Gasteiger partial charge on any atom is -0.503 e. The van der Waals surface area contributed by atoms with Crippen molar-refractivity contribution in [3.63, 3.8) is 0 Å². The molecule has 204 valence electrons. The average molecular weight is 534 g/mol. The molecule has 0 radical (unpaired) electrons. The van der Waals surface area contributed by atoms with E-state index in [1.54, 1.807) is 31.2 Å². The van der Waals surface area contributed by atoms with Gasteiger partial charge in [-0.05, 0) is 49.2 Å². The summed E-state index contributed by atoms with van der Waals surface area (Å²) >= 11 is 0. The van der Waals surface area contributed by atoms with Crippen LogP contribution in [-0.2, 0) is 37.2 Å². The van der Waals surface area contributed by atoms with Crippen LogP contribution in [0.3, 0.4) is 0 Å². The molecule has 39 heavy (non-hydrogen) atoms. The van der Waals surface area contributed by atoms with Crippen LogP contribution in [0, 0.1) is 0 Å². The van der Waals surface area contributed by atoms with Gasteiger partial charge in [-0.2, -0.15) is 0 Å². The van der Waals surface area contributed by atoms with Crippen LogP contribution in [0.25, 0.3) is 5.57 Å². The minimum absolute atomic E-state index is 0.0915. The highest BCUT2D eigenvalue weighted by Gasteiger charge is 2.17. The van der Waals surface area contributed by atoms with Crippen LogP contribution in [0.1, 0.15) is 36.1 Å². The summed E-state index contributed by atoms with van der Waals surface area (Å²) in [5.41, 5.74) is 5.61. The molecule has 0 unspecified atom stereocenters. The molecule has 0 atom stereocenters. The molecule has 0 spiro atoms. The maximum atomic E-state index is 13.0. The predicted octanol–water partition coefficient (Wildman–Crippen LogP) is 6.39. The second-order valence-electron chi connectivity index (χ2n) is 8.26. The molecule has 1 N–H and O–H groups in total. The number of nitrogens with zero attached hydrogens (tertiary/aromatic N) is 2. The SMILES string of the molecule is CCON=C(C(C)=NOCc1ccccc1C(=COC)C(=O)OC)c1ccc(Nc2cccc(CF)c2)cc1. The zero-order valence-electron chi connectivity index (χ0n) is 22.4. The average Bonchev–Trinajstić information content (AvgIpc) is 2.97. The molecule has 9 heteroatoms. The fourth-order valence-electron chi connectivity index (χ4n) is 3.67. The molecular weight excluding hydrogens is 501 g/mol. The number of halogens is 1. The first kappa shape index (κ1) is 28.9. The van der Waals surface area contributed by atoms with E-state index >= 15 is 0 Å². The Balaban J connectivity index is 1.77. The summed E-state index contributed by atoms with van der Waals surface area (Å²) in [5, 5.41) is 11.8. The first-order valence-electron chi connectivity index (χ1n) is 12.3. The van der Waals surface area contributed by atoms with Crippen molar-refractivity contribution in [2.45, 2.75) is 27.1 Å². The second-order valence-corrected chi connectivity index (χ2v) is 8.26. The maximum Gasteiger partial charge on any atom is 0.341 e. The summed E-state index contributed by atoms with van der Waals surface area (Å²) in [6.07, 6.45) is 1.34. The van der Waals surface area contributed by atoms with E-state index in [1.165, 1.54) is 20.5 Å². The summed E-state index contributed by atoms with van der Waals surface area (Å²) in [4.78, 5) is 23.2. The third-order valence-corrected chi connectivity index (χ3v) is 5.53. The molecule has 0 aliphatic rings. The van der Waals surface area contributed by atoms with Gasteiger partial charge >= 0.3 is 5.97 Å². The van der Waals surface area contributed by atoms with Crippen LogP contribution in [0.15, 0.2) is 89.4 Å². The number of nitrogens with one attached hydrogen (secondary N) is 1. The number of ether oxygens (including phenoxy) is 2. The van der Waals surface area contributed by atoms with Gasteiger partial charge in [0.25, 0.3) is 0 Å². The van der Waals surface area contributed by atoms with Crippen molar-refractivity contribution in [1.29, 1.82) is 0 Å². The maximum absolute atomic E-state index is 13.0. The van der Waals surface area contributed by atoms with Gasteiger partial charge in [0.15, 0.2) is 0 Å². The number of methoxy groups -OCH3 is 2. The van der Waals surface area contributed by atoms with E-state index in [4.69, 9.17) is 19.1 Å². The van der Waals surface area contributed by atoms with Crippen molar-refractivity contribution in [2.75, 3.05) is 26.1 Å². The number of alkyl halides is 1. The zero-order valence-corrected chi connectivity index (χ0v) is 22.4. The Hall–Kier alpha value is -4.66.